The van der Waals surface area contributed by atoms with Crippen molar-refractivity contribution in [3.63, 3.8) is 0 Å². The first-order chi connectivity index (χ1) is 9.05. The van der Waals surface area contributed by atoms with Crippen molar-refractivity contribution in [1.29, 1.82) is 0 Å². The van der Waals surface area contributed by atoms with E-state index < -0.39 is 9.84 Å². The number of nitrogens with one attached hydrogen (secondary N) is 2. The van der Waals surface area contributed by atoms with Crippen LogP contribution in [-0.2, 0) is 9.84 Å². The molecule has 4 nitrogen and oxygen atoms in total. The van der Waals surface area contributed by atoms with Gasteiger partial charge in [0.1, 0.15) is 0 Å². The molecule has 2 aliphatic rings. The fourth-order valence-electron chi connectivity index (χ4n) is 3.46. The number of rotatable bonds is 6. The highest BCUT2D eigenvalue weighted by molar-refractivity contribution is 7.91. The lowest BCUT2D eigenvalue weighted by Crippen LogP contribution is -2.46. The molecule has 0 aromatic heterocycles. The van der Waals surface area contributed by atoms with Crippen molar-refractivity contribution in [2.75, 3.05) is 31.1 Å². The van der Waals surface area contributed by atoms with E-state index in [1.54, 1.807) is 0 Å². The second-order valence-electron chi connectivity index (χ2n) is 6.29. The Balaban J connectivity index is 1.66. The quantitative estimate of drug-likeness (QED) is 0.724. The maximum absolute atomic E-state index is 11.5. The molecule has 0 amide bonds. The van der Waals surface area contributed by atoms with Crippen molar-refractivity contribution in [3.05, 3.63) is 0 Å². The molecule has 1 saturated carbocycles. The zero-order chi connectivity index (χ0) is 13.8. The van der Waals surface area contributed by atoms with E-state index in [9.17, 15) is 8.42 Å². The highest BCUT2D eigenvalue weighted by atomic mass is 32.2. The average molecular weight is 288 g/mol. The van der Waals surface area contributed by atoms with E-state index in [2.05, 4.69) is 17.6 Å². The van der Waals surface area contributed by atoms with Gasteiger partial charge in [-0.05, 0) is 37.6 Å². The molecular weight excluding hydrogens is 260 g/mol. The van der Waals surface area contributed by atoms with Gasteiger partial charge in [0.25, 0.3) is 0 Å². The van der Waals surface area contributed by atoms with Crippen molar-refractivity contribution in [3.8, 4) is 0 Å². The Labute approximate surface area is 117 Å². The van der Waals surface area contributed by atoms with Gasteiger partial charge >= 0.3 is 0 Å². The summed E-state index contributed by atoms with van der Waals surface area (Å²) in [4.78, 5) is 0. The second kappa shape index (κ2) is 6.55. The Bertz CT molecular complexity index is 375. The molecule has 2 fully saturated rings. The lowest BCUT2D eigenvalue weighted by Gasteiger charge is -2.29. The summed E-state index contributed by atoms with van der Waals surface area (Å²) < 4.78 is 23.1. The van der Waals surface area contributed by atoms with Crippen LogP contribution in [-0.4, -0.2) is 45.6 Å². The summed E-state index contributed by atoms with van der Waals surface area (Å²) in [5.41, 5.74) is 0.520. The molecule has 0 aromatic rings. The zero-order valence-electron chi connectivity index (χ0n) is 12.1. The topological polar surface area (TPSA) is 58.2 Å². The molecule has 0 spiro atoms. The third kappa shape index (κ3) is 4.43. The van der Waals surface area contributed by atoms with Gasteiger partial charge < -0.3 is 10.6 Å². The van der Waals surface area contributed by atoms with Crippen molar-refractivity contribution in [2.45, 2.75) is 51.5 Å². The van der Waals surface area contributed by atoms with Gasteiger partial charge in [-0.3, -0.25) is 0 Å². The molecule has 1 atom stereocenters. The SMILES string of the molecule is CCC1(CNCCC2CS(=O)(=O)CCN2)CCCC1. The van der Waals surface area contributed by atoms with Gasteiger partial charge in [0.2, 0.25) is 0 Å². The van der Waals surface area contributed by atoms with Crippen LogP contribution in [0, 0.1) is 5.41 Å². The lowest BCUT2D eigenvalue weighted by molar-refractivity contribution is 0.267. The molecule has 0 radical (unpaired) electrons. The Kier molecular flexibility index (Phi) is 5.26. The Morgan fingerprint density at radius 3 is 2.68 bits per heavy atom. The predicted molar refractivity (Wildman–Crippen MR) is 79.1 cm³/mol. The maximum atomic E-state index is 11.5. The van der Waals surface area contributed by atoms with Crippen LogP contribution in [0.3, 0.4) is 0 Å². The molecule has 5 heteroatoms. The largest absolute Gasteiger partial charge is 0.316 e. The van der Waals surface area contributed by atoms with Gasteiger partial charge in [0, 0.05) is 19.1 Å². The van der Waals surface area contributed by atoms with E-state index in [4.69, 9.17) is 0 Å². The van der Waals surface area contributed by atoms with Crippen LogP contribution >= 0.6 is 0 Å². The van der Waals surface area contributed by atoms with E-state index in [-0.39, 0.29) is 6.04 Å². The van der Waals surface area contributed by atoms with Gasteiger partial charge in [-0.25, -0.2) is 8.42 Å². The first-order valence-electron chi connectivity index (χ1n) is 7.70. The van der Waals surface area contributed by atoms with E-state index in [1.807, 2.05) is 0 Å². The number of hydrogen-bond donors (Lipinski definition) is 2. The third-order valence-electron chi connectivity index (χ3n) is 4.88. The van der Waals surface area contributed by atoms with Crippen LogP contribution in [0.2, 0.25) is 0 Å². The normalized spacial score (nSPS) is 29.4. The van der Waals surface area contributed by atoms with Crippen molar-refractivity contribution >= 4 is 9.84 Å². The smallest absolute Gasteiger partial charge is 0.153 e. The molecule has 1 unspecified atom stereocenters. The van der Waals surface area contributed by atoms with E-state index >= 15 is 0 Å². The third-order valence-corrected chi connectivity index (χ3v) is 6.62. The van der Waals surface area contributed by atoms with Crippen molar-refractivity contribution in [2.24, 2.45) is 5.41 Å². The summed E-state index contributed by atoms with van der Waals surface area (Å²) >= 11 is 0. The van der Waals surface area contributed by atoms with E-state index in [0.717, 1.165) is 19.5 Å². The Hall–Kier alpha value is -0.130. The van der Waals surface area contributed by atoms with Crippen LogP contribution in [0.4, 0.5) is 0 Å². The summed E-state index contributed by atoms with van der Waals surface area (Å²) in [7, 11) is -2.79. The maximum Gasteiger partial charge on any atom is 0.153 e. The number of sulfone groups is 1. The first-order valence-corrected chi connectivity index (χ1v) is 9.52. The first kappa shape index (κ1) is 15.3. The summed E-state index contributed by atoms with van der Waals surface area (Å²) in [6, 6.07) is 0.146. The minimum absolute atomic E-state index is 0.146. The molecule has 0 aromatic carbocycles. The van der Waals surface area contributed by atoms with Crippen molar-refractivity contribution in [1.82, 2.24) is 10.6 Å². The van der Waals surface area contributed by atoms with Crippen LogP contribution in [0.15, 0.2) is 0 Å². The molecule has 1 heterocycles. The molecule has 1 aliphatic carbocycles. The highest BCUT2D eigenvalue weighted by Gasteiger charge is 2.31. The van der Waals surface area contributed by atoms with Gasteiger partial charge in [-0.1, -0.05) is 19.8 Å². The van der Waals surface area contributed by atoms with Gasteiger partial charge in [-0.15, -0.1) is 0 Å². The zero-order valence-corrected chi connectivity index (χ0v) is 12.9. The van der Waals surface area contributed by atoms with Gasteiger partial charge in [0.05, 0.1) is 11.5 Å². The Morgan fingerprint density at radius 1 is 1.32 bits per heavy atom. The van der Waals surface area contributed by atoms with Crippen LogP contribution in [0.5, 0.6) is 0 Å². The standard InChI is InChI=1S/C14H28N2O2S/c1-2-14(6-3-4-7-14)12-15-8-5-13-11-19(17,18)10-9-16-13/h13,15-16H,2-12H2,1H3. The van der Waals surface area contributed by atoms with E-state index in [0.29, 0.717) is 23.5 Å². The fourth-order valence-corrected chi connectivity index (χ4v) is 4.96. The lowest BCUT2D eigenvalue weighted by atomic mass is 9.83. The molecule has 1 saturated heterocycles. The molecule has 0 bridgehead atoms. The van der Waals surface area contributed by atoms with Gasteiger partial charge in [-0.2, -0.15) is 0 Å². The summed E-state index contributed by atoms with van der Waals surface area (Å²) in [5.74, 6) is 0.615. The molecular formula is C14H28N2O2S. The molecule has 2 N–H and O–H groups in total. The minimum atomic E-state index is -2.79. The number of hydrogen-bond acceptors (Lipinski definition) is 4. The van der Waals surface area contributed by atoms with Gasteiger partial charge in [0.15, 0.2) is 9.84 Å². The fraction of sp³-hybridized carbons (Fsp3) is 1.00. The van der Waals surface area contributed by atoms with E-state index in [1.165, 1.54) is 32.1 Å². The Morgan fingerprint density at radius 2 is 2.05 bits per heavy atom. The predicted octanol–water partition coefficient (Wildman–Crippen LogP) is 1.32. The van der Waals surface area contributed by atoms with Crippen LogP contribution < -0.4 is 10.6 Å². The van der Waals surface area contributed by atoms with Crippen LogP contribution in [0.25, 0.3) is 0 Å². The monoisotopic (exact) mass is 288 g/mol. The van der Waals surface area contributed by atoms with Crippen LogP contribution in [0.1, 0.15) is 45.4 Å². The highest BCUT2D eigenvalue weighted by Crippen LogP contribution is 2.40. The summed E-state index contributed by atoms with van der Waals surface area (Å²) in [5, 5.41) is 6.87. The molecule has 112 valence electrons. The summed E-state index contributed by atoms with van der Waals surface area (Å²) in [6.45, 7) is 4.94. The molecule has 1 aliphatic heterocycles. The average Bonchev–Trinajstić information content (AvgIpc) is 2.83. The second-order valence-corrected chi connectivity index (χ2v) is 8.52. The summed E-state index contributed by atoms with van der Waals surface area (Å²) in [6.07, 6.45) is 7.63. The van der Waals surface area contributed by atoms with Crippen molar-refractivity contribution < 1.29 is 8.42 Å². The minimum Gasteiger partial charge on any atom is -0.316 e. The molecule has 2 rings (SSSR count). The molecule has 19 heavy (non-hydrogen) atoms.